The minimum Gasteiger partial charge on any atom is -0.506 e. The number of aryl methyl sites for hydroxylation is 2. The molecule has 0 fully saturated rings. The van der Waals surface area contributed by atoms with Crippen LogP contribution < -0.4 is 4.74 Å². The monoisotopic (exact) mass is 486 g/mol. The van der Waals surface area contributed by atoms with Crippen LogP contribution in [0.1, 0.15) is 33.6 Å². The lowest BCUT2D eigenvalue weighted by Gasteiger charge is -2.16. The van der Waals surface area contributed by atoms with Crippen molar-refractivity contribution in [2.45, 2.75) is 52.9 Å². The highest BCUT2D eigenvalue weighted by Crippen LogP contribution is 2.26. The molecule has 0 amide bonds. The molecular formula is C20H26N2O12. The van der Waals surface area contributed by atoms with E-state index in [4.69, 9.17) is 40.5 Å². The van der Waals surface area contributed by atoms with Crippen LogP contribution in [0.4, 0.5) is 0 Å². The summed E-state index contributed by atoms with van der Waals surface area (Å²) in [6.45, 7) is 1.56. The Morgan fingerprint density at radius 2 is 1.38 bits per heavy atom. The standard InChI is InChI=1S/2C10H13NO6/c1-5-8(13)7(3-12)6(2-11-5)4-17-10(16)9(14)15;1-5-8(17-10(16)9(14)15)7(4-13)6(3-12)2-11-5/h2*2,10,12-13,16H,3-4H2,1H3,(H,14,15). The van der Waals surface area contributed by atoms with Crippen molar-refractivity contribution in [1.82, 2.24) is 9.97 Å². The van der Waals surface area contributed by atoms with Gasteiger partial charge in [0.2, 0.25) is 0 Å². The lowest BCUT2D eigenvalue weighted by Crippen LogP contribution is -2.27. The van der Waals surface area contributed by atoms with Gasteiger partial charge in [-0.05, 0) is 13.8 Å². The summed E-state index contributed by atoms with van der Waals surface area (Å²) >= 11 is 0. The summed E-state index contributed by atoms with van der Waals surface area (Å²) in [6, 6.07) is 0. The van der Waals surface area contributed by atoms with Crippen LogP contribution in [0.25, 0.3) is 0 Å². The predicted molar refractivity (Wildman–Crippen MR) is 110 cm³/mol. The fraction of sp³-hybridized carbons (Fsp3) is 0.400. The molecule has 0 aromatic carbocycles. The Morgan fingerprint density at radius 1 is 0.853 bits per heavy atom. The van der Waals surface area contributed by atoms with E-state index in [2.05, 4.69) is 14.7 Å². The van der Waals surface area contributed by atoms with E-state index < -0.39 is 37.7 Å². The van der Waals surface area contributed by atoms with Crippen molar-refractivity contribution in [2.24, 2.45) is 0 Å². The second kappa shape index (κ2) is 13.3. The van der Waals surface area contributed by atoms with Crippen LogP contribution >= 0.6 is 0 Å². The summed E-state index contributed by atoms with van der Waals surface area (Å²) in [4.78, 5) is 28.5. The molecule has 2 aromatic rings. The Bertz CT molecular complexity index is 998. The molecule has 2 aromatic heterocycles. The molecule has 2 rings (SSSR count). The van der Waals surface area contributed by atoms with Crippen LogP contribution in [0.15, 0.2) is 12.4 Å². The highest BCUT2D eigenvalue weighted by molar-refractivity contribution is 5.71. The maximum absolute atomic E-state index is 10.5. The first kappa shape index (κ1) is 28.6. The maximum Gasteiger partial charge on any atom is 0.373 e. The first-order valence-electron chi connectivity index (χ1n) is 9.54. The molecule has 188 valence electrons. The van der Waals surface area contributed by atoms with E-state index in [9.17, 15) is 14.7 Å². The fourth-order valence-corrected chi connectivity index (χ4v) is 2.53. The maximum atomic E-state index is 10.5. The Kier molecular flexibility index (Phi) is 11.2. The third-order valence-corrected chi connectivity index (χ3v) is 4.37. The third-order valence-electron chi connectivity index (χ3n) is 4.37. The molecule has 0 bridgehead atoms. The highest BCUT2D eigenvalue weighted by Gasteiger charge is 2.21. The van der Waals surface area contributed by atoms with E-state index in [1.165, 1.54) is 19.3 Å². The molecule has 0 saturated carbocycles. The summed E-state index contributed by atoms with van der Waals surface area (Å²) < 4.78 is 9.41. The SMILES string of the molecule is Cc1ncc(CO)c(CO)c1OC(O)C(=O)O.Cc1ncc(COC(O)C(=O)O)c(CO)c1O. The van der Waals surface area contributed by atoms with Crippen molar-refractivity contribution in [2.75, 3.05) is 0 Å². The lowest BCUT2D eigenvalue weighted by molar-refractivity contribution is -0.178. The van der Waals surface area contributed by atoms with Gasteiger partial charge in [-0.3, -0.25) is 9.97 Å². The number of aromatic nitrogens is 2. The molecule has 0 spiro atoms. The van der Waals surface area contributed by atoms with Gasteiger partial charge in [-0.25, -0.2) is 9.59 Å². The molecule has 0 saturated heterocycles. The molecule has 34 heavy (non-hydrogen) atoms. The Hall–Kier alpha value is -3.40. The molecule has 0 aliphatic rings. The van der Waals surface area contributed by atoms with Crippen LogP contribution in [0.2, 0.25) is 0 Å². The van der Waals surface area contributed by atoms with Gasteiger partial charge >= 0.3 is 11.9 Å². The number of aliphatic carboxylic acids is 2. The molecule has 0 aliphatic carbocycles. The topological polar surface area (TPSA) is 240 Å². The molecule has 2 atom stereocenters. The van der Waals surface area contributed by atoms with Crippen LogP contribution in [0.3, 0.4) is 0 Å². The largest absolute Gasteiger partial charge is 0.506 e. The van der Waals surface area contributed by atoms with Gasteiger partial charge in [0.1, 0.15) is 5.75 Å². The summed E-state index contributed by atoms with van der Waals surface area (Å²) in [5.74, 6) is -3.27. The second-order valence-electron chi connectivity index (χ2n) is 6.66. The van der Waals surface area contributed by atoms with Gasteiger partial charge in [-0.2, -0.15) is 0 Å². The normalized spacial score (nSPS) is 12.3. The van der Waals surface area contributed by atoms with E-state index in [0.29, 0.717) is 22.5 Å². The number of aromatic hydroxyl groups is 1. The fourth-order valence-electron chi connectivity index (χ4n) is 2.53. The second-order valence-corrected chi connectivity index (χ2v) is 6.66. The summed E-state index contributed by atoms with van der Waals surface area (Å²) in [5.41, 5.74) is 1.69. The number of rotatable bonds is 10. The average molecular weight is 486 g/mol. The Labute approximate surface area is 192 Å². The first-order chi connectivity index (χ1) is 16.0. The van der Waals surface area contributed by atoms with Gasteiger partial charge in [0.05, 0.1) is 37.8 Å². The zero-order valence-electron chi connectivity index (χ0n) is 18.2. The van der Waals surface area contributed by atoms with E-state index in [1.807, 2.05) is 0 Å². The van der Waals surface area contributed by atoms with E-state index in [-0.39, 0.29) is 35.8 Å². The highest BCUT2D eigenvalue weighted by atomic mass is 16.6. The lowest BCUT2D eigenvalue weighted by atomic mass is 10.1. The molecule has 8 N–H and O–H groups in total. The van der Waals surface area contributed by atoms with Crippen molar-refractivity contribution < 1.29 is 59.9 Å². The average Bonchev–Trinajstić information content (AvgIpc) is 2.80. The Balaban J connectivity index is 0.000000340. The van der Waals surface area contributed by atoms with Gasteiger partial charge < -0.3 is 50.3 Å². The smallest absolute Gasteiger partial charge is 0.373 e. The summed E-state index contributed by atoms with van der Waals surface area (Å²) in [5, 5.41) is 71.8. The molecule has 0 radical (unpaired) electrons. The molecule has 0 aliphatic heterocycles. The number of aliphatic hydroxyl groups excluding tert-OH is 5. The van der Waals surface area contributed by atoms with E-state index in [1.54, 1.807) is 6.92 Å². The van der Waals surface area contributed by atoms with Gasteiger partial charge in [0.15, 0.2) is 5.75 Å². The van der Waals surface area contributed by atoms with Crippen molar-refractivity contribution >= 4 is 11.9 Å². The molecule has 2 unspecified atom stereocenters. The number of hydrogen-bond acceptors (Lipinski definition) is 12. The van der Waals surface area contributed by atoms with Crippen LogP contribution in [0.5, 0.6) is 11.5 Å². The number of carbonyl (C=O) groups is 2. The number of carboxylic acids is 2. The zero-order valence-corrected chi connectivity index (χ0v) is 18.2. The van der Waals surface area contributed by atoms with Crippen molar-refractivity contribution in [3.05, 3.63) is 46.0 Å². The van der Waals surface area contributed by atoms with Gasteiger partial charge in [0.25, 0.3) is 12.6 Å². The predicted octanol–water partition coefficient (Wildman–Crippen LogP) is -1.34. The number of nitrogens with zero attached hydrogens (tertiary/aromatic N) is 2. The zero-order chi connectivity index (χ0) is 26.0. The van der Waals surface area contributed by atoms with Gasteiger partial charge in [0, 0.05) is 34.6 Å². The van der Waals surface area contributed by atoms with Gasteiger partial charge in [-0.1, -0.05) is 0 Å². The first-order valence-corrected chi connectivity index (χ1v) is 9.54. The third kappa shape index (κ3) is 7.58. The van der Waals surface area contributed by atoms with Crippen LogP contribution in [-0.2, 0) is 40.8 Å². The van der Waals surface area contributed by atoms with E-state index in [0.717, 1.165) is 0 Å². The van der Waals surface area contributed by atoms with Crippen molar-refractivity contribution in [3.63, 3.8) is 0 Å². The van der Waals surface area contributed by atoms with Crippen LogP contribution in [0, 0.1) is 13.8 Å². The van der Waals surface area contributed by atoms with Crippen molar-refractivity contribution in [1.29, 1.82) is 0 Å². The number of pyridine rings is 2. The number of carboxylic acid groups (broad SMARTS) is 2. The minimum atomic E-state index is -2.05. The molecular weight excluding hydrogens is 460 g/mol. The molecule has 2 heterocycles. The minimum absolute atomic E-state index is 0.0334. The van der Waals surface area contributed by atoms with E-state index >= 15 is 0 Å². The van der Waals surface area contributed by atoms with Crippen molar-refractivity contribution in [3.8, 4) is 11.5 Å². The Morgan fingerprint density at radius 3 is 1.88 bits per heavy atom. The number of hydrogen-bond donors (Lipinski definition) is 8. The quantitative estimate of drug-likeness (QED) is 0.181. The molecule has 14 nitrogen and oxygen atoms in total. The number of ether oxygens (including phenoxy) is 2. The summed E-state index contributed by atoms with van der Waals surface area (Å²) in [6.07, 6.45) is -1.31. The van der Waals surface area contributed by atoms with Crippen LogP contribution in [-0.4, -0.2) is 75.3 Å². The number of aliphatic hydroxyl groups is 5. The van der Waals surface area contributed by atoms with Gasteiger partial charge in [-0.15, -0.1) is 0 Å². The molecule has 14 heteroatoms. The summed E-state index contributed by atoms with van der Waals surface area (Å²) in [7, 11) is 0.